The number of benzene rings is 1. The summed E-state index contributed by atoms with van der Waals surface area (Å²) in [6.07, 6.45) is 4.44. The van der Waals surface area contributed by atoms with Gasteiger partial charge in [0, 0.05) is 22.7 Å². The Morgan fingerprint density at radius 3 is 2.78 bits per heavy atom. The lowest BCUT2D eigenvalue weighted by Gasteiger charge is -2.10. The van der Waals surface area contributed by atoms with Crippen LogP contribution in [0.5, 0.6) is 0 Å². The zero-order valence-electron chi connectivity index (χ0n) is 9.54. The third kappa shape index (κ3) is 1.28. The van der Waals surface area contributed by atoms with Gasteiger partial charge in [-0.05, 0) is 25.7 Å². The molecule has 1 aliphatic carbocycles. The molecule has 0 amide bonds. The summed E-state index contributed by atoms with van der Waals surface area (Å²) < 4.78 is 28.6. The Kier molecular flexibility index (Phi) is 2.03. The van der Waals surface area contributed by atoms with Crippen LogP contribution in [0.25, 0.3) is 16.0 Å². The predicted molar refractivity (Wildman–Crippen MR) is 67.1 cm³/mol. The molecule has 2 nitrogen and oxygen atoms in total. The number of rotatable bonds is 0. The molecule has 1 aromatic carbocycles. The monoisotopic (exact) mass is 264 g/mol. The molecule has 1 aliphatic rings. The van der Waals surface area contributed by atoms with E-state index in [9.17, 15) is 8.78 Å². The first-order valence-corrected chi connectivity index (χ1v) is 6.83. The van der Waals surface area contributed by atoms with Crippen molar-refractivity contribution < 1.29 is 8.78 Å². The molecule has 5 heteroatoms. The van der Waals surface area contributed by atoms with E-state index in [1.807, 2.05) is 4.40 Å². The summed E-state index contributed by atoms with van der Waals surface area (Å²) >= 11 is 1.64. The Balaban J connectivity index is 2.14. The van der Waals surface area contributed by atoms with E-state index >= 15 is 0 Å². The summed E-state index contributed by atoms with van der Waals surface area (Å²) in [5, 5.41) is 0. The fourth-order valence-corrected chi connectivity index (χ4v) is 3.92. The maximum Gasteiger partial charge on any atom is 0.195 e. The number of hydrogen-bond donors (Lipinski definition) is 0. The highest BCUT2D eigenvalue weighted by molar-refractivity contribution is 7.17. The molecule has 0 bridgehead atoms. The average molecular weight is 264 g/mol. The Morgan fingerprint density at radius 1 is 1.11 bits per heavy atom. The summed E-state index contributed by atoms with van der Waals surface area (Å²) in [7, 11) is 0. The van der Waals surface area contributed by atoms with Gasteiger partial charge in [-0.25, -0.2) is 13.8 Å². The van der Waals surface area contributed by atoms with Crippen LogP contribution in [0.3, 0.4) is 0 Å². The van der Waals surface area contributed by atoms with Crippen LogP contribution >= 0.6 is 11.3 Å². The molecular formula is C13H10F2N2S. The van der Waals surface area contributed by atoms with Crippen LogP contribution < -0.4 is 0 Å². The van der Waals surface area contributed by atoms with Crippen molar-refractivity contribution in [2.24, 2.45) is 0 Å². The lowest BCUT2D eigenvalue weighted by atomic mass is 10.0. The summed E-state index contributed by atoms with van der Waals surface area (Å²) in [4.78, 5) is 6.59. The molecular weight excluding hydrogens is 254 g/mol. The van der Waals surface area contributed by atoms with Crippen molar-refractivity contribution in [3.63, 3.8) is 0 Å². The van der Waals surface area contributed by atoms with Gasteiger partial charge in [-0.1, -0.05) is 0 Å². The van der Waals surface area contributed by atoms with Gasteiger partial charge < -0.3 is 0 Å². The SMILES string of the molecule is Fc1cc2nc3sc4c(n3c2cc1F)CCCC4. The zero-order valence-corrected chi connectivity index (χ0v) is 10.4. The van der Waals surface area contributed by atoms with E-state index < -0.39 is 11.6 Å². The lowest BCUT2D eigenvalue weighted by molar-refractivity contribution is 0.510. The third-order valence-electron chi connectivity index (χ3n) is 3.54. The van der Waals surface area contributed by atoms with Gasteiger partial charge in [0.1, 0.15) is 0 Å². The standard InChI is InChI=1S/C13H10F2N2S/c14-7-5-9-11(6-8(7)15)17-10-3-1-2-4-12(10)18-13(17)16-9/h5-6H,1-4H2. The topological polar surface area (TPSA) is 17.3 Å². The Morgan fingerprint density at radius 2 is 1.89 bits per heavy atom. The molecule has 2 aromatic heterocycles. The van der Waals surface area contributed by atoms with Gasteiger partial charge in [-0.3, -0.25) is 4.40 Å². The van der Waals surface area contributed by atoms with E-state index in [-0.39, 0.29) is 0 Å². The Hall–Kier alpha value is -1.49. The largest absolute Gasteiger partial charge is 0.287 e. The molecule has 0 unspecified atom stereocenters. The number of hydrogen-bond acceptors (Lipinski definition) is 2. The fourth-order valence-electron chi connectivity index (χ4n) is 2.70. The molecule has 18 heavy (non-hydrogen) atoms. The highest BCUT2D eigenvalue weighted by Gasteiger charge is 2.20. The minimum absolute atomic E-state index is 0.536. The molecule has 92 valence electrons. The second-order valence-corrected chi connectivity index (χ2v) is 5.73. The molecule has 3 aromatic rings. The van der Waals surface area contributed by atoms with Crippen LogP contribution in [0, 0.1) is 11.6 Å². The molecule has 0 N–H and O–H groups in total. The summed E-state index contributed by atoms with van der Waals surface area (Å²) in [6.45, 7) is 0. The van der Waals surface area contributed by atoms with Gasteiger partial charge >= 0.3 is 0 Å². The molecule has 0 spiro atoms. The quantitative estimate of drug-likeness (QED) is 0.605. The van der Waals surface area contributed by atoms with Crippen molar-refractivity contribution in [1.29, 1.82) is 0 Å². The van der Waals surface area contributed by atoms with E-state index in [0.717, 1.165) is 24.2 Å². The first-order valence-electron chi connectivity index (χ1n) is 6.02. The normalized spacial score (nSPS) is 15.4. The van der Waals surface area contributed by atoms with Gasteiger partial charge in [0.2, 0.25) is 0 Å². The molecule has 0 fully saturated rings. The summed E-state index contributed by atoms with van der Waals surface area (Å²) in [5.41, 5.74) is 2.45. The number of nitrogens with zero attached hydrogens (tertiary/aromatic N) is 2. The van der Waals surface area contributed by atoms with E-state index in [1.54, 1.807) is 11.3 Å². The molecule has 0 radical (unpaired) electrons. The number of aromatic nitrogens is 2. The van der Waals surface area contributed by atoms with Gasteiger partial charge in [-0.15, -0.1) is 11.3 Å². The highest BCUT2D eigenvalue weighted by Crippen LogP contribution is 2.33. The fraction of sp³-hybridized carbons (Fsp3) is 0.308. The average Bonchev–Trinajstić information content (AvgIpc) is 2.86. The minimum Gasteiger partial charge on any atom is -0.287 e. The van der Waals surface area contributed by atoms with Crippen molar-refractivity contribution in [3.8, 4) is 0 Å². The predicted octanol–water partition coefficient (Wildman–Crippen LogP) is 3.71. The van der Waals surface area contributed by atoms with Crippen LogP contribution in [-0.4, -0.2) is 9.38 Å². The second kappa shape index (κ2) is 3.51. The maximum absolute atomic E-state index is 13.4. The first-order chi connectivity index (χ1) is 8.74. The van der Waals surface area contributed by atoms with Crippen molar-refractivity contribution in [3.05, 3.63) is 34.3 Å². The first kappa shape index (κ1) is 10.4. The molecule has 0 saturated heterocycles. The Labute approximate surface area is 106 Å². The van der Waals surface area contributed by atoms with Crippen LogP contribution in [0.15, 0.2) is 12.1 Å². The van der Waals surface area contributed by atoms with Crippen molar-refractivity contribution in [2.45, 2.75) is 25.7 Å². The molecule has 0 atom stereocenters. The number of fused-ring (bicyclic) bond motifs is 5. The summed E-state index contributed by atoms with van der Waals surface area (Å²) in [6, 6.07) is 2.44. The third-order valence-corrected chi connectivity index (χ3v) is 4.68. The zero-order chi connectivity index (χ0) is 12.3. The summed E-state index contributed by atoms with van der Waals surface area (Å²) in [5.74, 6) is -1.64. The van der Waals surface area contributed by atoms with Gasteiger partial charge in [0.05, 0.1) is 11.0 Å². The molecule has 0 saturated carbocycles. The second-order valence-electron chi connectivity index (χ2n) is 4.66. The van der Waals surface area contributed by atoms with E-state index in [4.69, 9.17) is 0 Å². The molecule has 0 aliphatic heterocycles. The van der Waals surface area contributed by atoms with E-state index in [2.05, 4.69) is 4.98 Å². The van der Waals surface area contributed by atoms with E-state index in [1.165, 1.54) is 29.1 Å². The minimum atomic E-state index is -0.831. The van der Waals surface area contributed by atoms with Crippen molar-refractivity contribution >= 4 is 27.3 Å². The van der Waals surface area contributed by atoms with Crippen LogP contribution in [-0.2, 0) is 12.8 Å². The Bertz CT molecular complexity index is 772. The number of imidazole rings is 1. The van der Waals surface area contributed by atoms with Gasteiger partial charge in [0.25, 0.3) is 0 Å². The number of thiazole rings is 1. The van der Waals surface area contributed by atoms with Crippen LogP contribution in [0.2, 0.25) is 0 Å². The number of halogens is 2. The maximum atomic E-state index is 13.4. The smallest absolute Gasteiger partial charge is 0.195 e. The van der Waals surface area contributed by atoms with Crippen LogP contribution in [0.4, 0.5) is 8.78 Å². The molecule has 2 heterocycles. The number of aryl methyl sites for hydroxylation is 2. The van der Waals surface area contributed by atoms with Crippen LogP contribution in [0.1, 0.15) is 23.4 Å². The van der Waals surface area contributed by atoms with Crippen molar-refractivity contribution in [2.75, 3.05) is 0 Å². The molecule has 4 rings (SSSR count). The van der Waals surface area contributed by atoms with E-state index in [0.29, 0.717) is 11.0 Å². The van der Waals surface area contributed by atoms with Crippen molar-refractivity contribution in [1.82, 2.24) is 9.38 Å². The van der Waals surface area contributed by atoms with Gasteiger partial charge in [-0.2, -0.15) is 0 Å². The highest BCUT2D eigenvalue weighted by atomic mass is 32.1. The van der Waals surface area contributed by atoms with Gasteiger partial charge in [0.15, 0.2) is 16.6 Å². The lowest BCUT2D eigenvalue weighted by Crippen LogP contribution is -2.02.